The van der Waals surface area contributed by atoms with Crippen LogP contribution in [-0.4, -0.2) is 26.7 Å². The predicted octanol–water partition coefficient (Wildman–Crippen LogP) is 2.49. The van der Waals surface area contributed by atoms with Crippen LogP contribution in [-0.2, 0) is 10.0 Å². The number of anilines is 1. The van der Waals surface area contributed by atoms with Crippen LogP contribution in [0.25, 0.3) is 0 Å². The zero-order valence-corrected chi connectivity index (χ0v) is 13.0. The largest absolute Gasteiger partial charge is 0.394 e. The molecule has 0 saturated carbocycles. The molecule has 0 fully saturated rings. The summed E-state index contributed by atoms with van der Waals surface area (Å²) in [6.45, 7) is 3.61. The van der Waals surface area contributed by atoms with E-state index in [0.717, 1.165) is 11.1 Å². The number of benzene rings is 2. The number of aliphatic hydroxyl groups is 1. The second-order valence-corrected chi connectivity index (χ2v) is 6.74. The van der Waals surface area contributed by atoms with Gasteiger partial charge in [-0.1, -0.05) is 24.3 Å². The first kappa shape index (κ1) is 15.5. The van der Waals surface area contributed by atoms with Crippen LogP contribution < -0.4 is 4.31 Å². The average molecular weight is 305 g/mol. The third-order valence-electron chi connectivity index (χ3n) is 3.41. The third kappa shape index (κ3) is 3.25. The Morgan fingerprint density at radius 2 is 1.67 bits per heavy atom. The van der Waals surface area contributed by atoms with Crippen molar-refractivity contribution in [2.75, 3.05) is 17.5 Å². The van der Waals surface area contributed by atoms with Gasteiger partial charge in [0.2, 0.25) is 0 Å². The van der Waals surface area contributed by atoms with Gasteiger partial charge in [-0.15, -0.1) is 0 Å². The monoisotopic (exact) mass is 305 g/mol. The molecule has 2 aromatic carbocycles. The molecule has 21 heavy (non-hydrogen) atoms. The number of aryl methyl sites for hydroxylation is 2. The molecule has 5 heteroatoms. The minimum absolute atomic E-state index is 0.0271. The molecule has 2 aromatic rings. The lowest BCUT2D eigenvalue weighted by Crippen LogP contribution is -2.33. The number of para-hydroxylation sites is 1. The van der Waals surface area contributed by atoms with Crippen molar-refractivity contribution < 1.29 is 13.5 Å². The fourth-order valence-corrected chi connectivity index (χ4v) is 3.62. The Labute approximate surface area is 125 Å². The number of sulfonamides is 1. The molecule has 0 saturated heterocycles. The molecule has 0 spiro atoms. The van der Waals surface area contributed by atoms with Crippen molar-refractivity contribution >= 4 is 15.7 Å². The molecule has 0 aliphatic rings. The highest BCUT2D eigenvalue weighted by Gasteiger charge is 2.24. The summed E-state index contributed by atoms with van der Waals surface area (Å²) < 4.78 is 26.8. The number of aliphatic hydroxyl groups excluding tert-OH is 1. The minimum atomic E-state index is -3.68. The van der Waals surface area contributed by atoms with Gasteiger partial charge in [0.05, 0.1) is 23.7 Å². The topological polar surface area (TPSA) is 57.6 Å². The quantitative estimate of drug-likeness (QED) is 0.923. The maximum Gasteiger partial charge on any atom is 0.264 e. The molecule has 2 rings (SSSR count). The maximum absolute atomic E-state index is 12.8. The zero-order valence-electron chi connectivity index (χ0n) is 12.2. The summed E-state index contributed by atoms with van der Waals surface area (Å²) in [5.74, 6) is 0. The summed E-state index contributed by atoms with van der Waals surface area (Å²) in [4.78, 5) is 0.239. The number of hydrogen-bond acceptors (Lipinski definition) is 3. The van der Waals surface area contributed by atoms with Gasteiger partial charge in [-0.2, -0.15) is 0 Å². The lowest BCUT2D eigenvalue weighted by molar-refractivity contribution is 0.306. The highest BCUT2D eigenvalue weighted by atomic mass is 32.2. The Morgan fingerprint density at radius 1 is 1.00 bits per heavy atom. The molecular formula is C16H19NO3S. The van der Waals surface area contributed by atoms with E-state index < -0.39 is 10.0 Å². The van der Waals surface area contributed by atoms with Gasteiger partial charge >= 0.3 is 0 Å². The minimum Gasteiger partial charge on any atom is -0.394 e. The number of rotatable bonds is 5. The molecule has 1 N–H and O–H groups in total. The van der Waals surface area contributed by atoms with Crippen LogP contribution in [0.1, 0.15) is 11.1 Å². The molecule has 0 heterocycles. The van der Waals surface area contributed by atoms with E-state index in [-0.39, 0.29) is 18.0 Å². The van der Waals surface area contributed by atoms with Gasteiger partial charge in [-0.3, -0.25) is 4.31 Å². The van der Waals surface area contributed by atoms with Crippen molar-refractivity contribution in [1.29, 1.82) is 0 Å². The molecule has 112 valence electrons. The second kappa shape index (κ2) is 6.28. The summed E-state index contributed by atoms with van der Waals surface area (Å²) in [5, 5.41) is 9.20. The van der Waals surface area contributed by atoms with Gasteiger partial charge in [0, 0.05) is 0 Å². The van der Waals surface area contributed by atoms with E-state index in [2.05, 4.69) is 0 Å². The fourth-order valence-electron chi connectivity index (χ4n) is 2.07. The maximum atomic E-state index is 12.8. The Bertz CT molecular complexity index is 712. The highest BCUT2D eigenvalue weighted by Crippen LogP contribution is 2.24. The van der Waals surface area contributed by atoms with Gasteiger partial charge in [-0.05, 0) is 49.2 Å². The predicted molar refractivity (Wildman–Crippen MR) is 84.0 cm³/mol. The van der Waals surface area contributed by atoms with Crippen LogP contribution in [0.2, 0.25) is 0 Å². The fraction of sp³-hybridized carbons (Fsp3) is 0.250. The summed E-state index contributed by atoms with van der Waals surface area (Å²) in [5.41, 5.74) is 2.51. The zero-order chi connectivity index (χ0) is 15.5. The van der Waals surface area contributed by atoms with E-state index in [1.54, 1.807) is 42.5 Å². The summed E-state index contributed by atoms with van der Waals surface area (Å²) in [6.07, 6.45) is 0. The normalized spacial score (nSPS) is 11.4. The molecule has 0 aliphatic carbocycles. The van der Waals surface area contributed by atoms with Gasteiger partial charge in [0.15, 0.2) is 0 Å². The SMILES string of the molecule is Cc1ccc(S(=O)(=O)N(CCO)c2ccccc2)cc1C. The first-order valence-electron chi connectivity index (χ1n) is 6.72. The smallest absolute Gasteiger partial charge is 0.264 e. The summed E-state index contributed by atoms with van der Waals surface area (Å²) in [6, 6.07) is 13.9. The van der Waals surface area contributed by atoms with Crippen LogP contribution in [0.15, 0.2) is 53.4 Å². The van der Waals surface area contributed by atoms with Crippen molar-refractivity contribution in [1.82, 2.24) is 0 Å². The molecule has 0 atom stereocenters. The van der Waals surface area contributed by atoms with Crippen LogP contribution >= 0.6 is 0 Å². The Balaban J connectivity index is 2.50. The average Bonchev–Trinajstić information content (AvgIpc) is 2.48. The van der Waals surface area contributed by atoms with Crippen molar-refractivity contribution in [2.45, 2.75) is 18.7 Å². The van der Waals surface area contributed by atoms with E-state index in [9.17, 15) is 13.5 Å². The molecule has 0 unspecified atom stereocenters. The van der Waals surface area contributed by atoms with E-state index in [1.807, 2.05) is 19.9 Å². The van der Waals surface area contributed by atoms with Crippen molar-refractivity contribution in [3.8, 4) is 0 Å². The van der Waals surface area contributed by atoms with Gasteiger partial charge in [0.1, 0.15) is 0 Å². The standard InChI is InChI=1S/C16H19NO3S/c1-13-8-9-16(12-14(13)2)21(19,20)17(10-11-18)15-6-4-3-5-7-15/h3-9,12,18H,10-11H2,1-2H3. The molecule has 0 radical (unpaired) electrons. The van der Waals surface area contributed by atoms with Gasteiger partial charge in [-0.25, -0.2) is 8.42 Å². The van der Waals surface area contributed by atoms with Crippen molar-refractivity contribution in [3.63, 3.8) is 0 Å². The van der Waals surface area contributed by atoms with Crippen LogP contribution in [0, 0.1) is 13.8 Å². The second-order valence-electron chi connectivity index (χ2n) is 4.88. The van der Waals surface area contributed by atoms with E-state index in [1.165, 1.54) is 4.31 Å². The summed E-state index contributed by atoms with van der Waals surface area (Å²) in [7, 11) is -3.68. The first-order chi connectivity index (χ1) is 9.96. The van der Waals surface area contributed by atoms with Crippen LogP contribution in [0.5, 0.6) is 0 Å². The first-order valence-corrected chi connectivity index (χ1v) is 8.16. The third-order valence-corrected chi connectivity index (χ3v) is 5.24. The molecule has 0 aromatic heterocycles. The Morgan fingerprint density at radius 3 is 2.24 bits per heavy atom. The molecule has 0 aliphatic heterocycles. The van der Waals surface area contributed by atoms with E-state index >= 15 is 0 Å². The van der Waals surface area contributed by atoms with Gasteiger partial charge in [0.25, 0.3) is 10.0 Å². The molecule has 0 bridgehead atoms. The molecule has 0 amide bonds. The Kier molecular flexibility index (Phi) is 4.65. The molecule has 4 nitrogen and oxygen atoms in total. The van der Waals surface area contributed by atoms with Crippen LogP contribution in [0.3, 0.4) is 0 Å². The van der Waals surface area contributed by atoms with E-state index in [4.69, 9.17) is 0 Å². The van der Waals surface area contributed by atoms with Gasteiger partial charge < -0.3 is 5.11 Å². The van der Waals surface area contributed by atoms with E-state index in [0.29, 0.717) is 5.69 Å². The van der Waals surface area contributed by atoms with Crippen LogP contribution in [0.4, 0.5) is 5.69 Å². The lowest BCUT2D eigenvalue weighted by Gasteiger charge is -2.24. The number of hydrogen-bond donors (Lipinski definition) is 1. The molecular weight excluding hydrogens is 286 g/mol. The Hall–Kier alpha value is -1.85. The summed E-state index contributed by atoms with van der Waals surface area (Å²) >= 11 is 0. The lowest BCUT2D eigenvalue weighted by atomic mass is 10.1. The number of nitrogens with zero attached hydrogens (tertiary/aromatic N) is 1. The van der Waals surface area contributed by atoms with Crippen molar-refractivity contribution in [2.24, 2.45) is 0 Å². The van der Waals surface area contributed by atoms with Crippen molar-refractivity contribution in [3.05, 3.63) is 59.7 Å². The highest BCUT2D eigenvalue weighted by molar-refractivity contribution is 7.92.